The maximum absolute atomic E-state index is 12.5. The number of likely N-dealkylation sites (tertiary alicyclic amines) is 1. The summed E-state index contributed by atoms with van der Waals surface area (Å²) in [6, 6.07) is 20.4. The molecule has 1 amide bonds. The van der Waals surface area contributed by atoms with Gasteiger partial charge in [0.25, 0.3) is 0 Å². The van der Waals surface area contributed by atoms with Gasteiger partial charge in [-0.15, -0.1) is 0 Å². The fourth-order valence-electron chi connectivity index (χ4n) is 4.00. The van der Waals surface area contributed by atoms with E-state index in [4.69, 9.17) is 5.73 Å². The van der Waals surface area contributed by atoms with Gasteiger partial charge < -0.3 is 11.1 Å². The lowest BCUT2D eigenvalue weighted by Gasteiger charge is -2.16. The summed E-state index contributed by atoms with van der Waals surface area (Å²) in [7, 11) is 0. The number of aromatic nitrogens is 2. The fourth-order valence-corrected chi connectivity index (χ4v) is 4.00. The lowest BCUT2D eigenvalue weighted by molar-refractivity contribution is -0.122. The van der Waals surface area contributed by atoms with Crippen LogP contribution in [-0.4, -0.2) is 46.3 Å². The third-order valence-corrected chi connectivity index (χ3v) is 5.52. The van der Waals surface area contributed by atoms with Crippen LogP contribution in [0.1, 0.15) is 22.6 Å². The van der Waals surface area contributed by atoms with Crippen molar-refractivity contribution >= 4 is 5.91 Å². The molecule has 0 unspecified atom stereocenters. The molecule has 150 valence electrons. The van der Waals surface area contributed by atoms with Crippen LogP contribution in [0.2, 0.25) is 0 Å². The number of carbonyl (C=O) groups excluding carboxylic acids is 1. The molecule has 0 bridgehead atoms. The zero-order valence-electron chi connectivity index (χ0n) is 16.4. The van der Waals surface area contributed by atoms with Crippen molar-refractivity contribution in [3.63, 3.8) is 0 Å². The third-order valence-electron chi connectivity index (χ3n) is 5.52. The average Bonchev–Trinajstić information content (AvgIpc) is 3.37. The standard InChI is InChI=1S/C23H27N5O/c24-22-16-27(15-21(22)18-7-2-1-3-8-18)17-23(29)25-13-19-9-4-5-10-20(19)14-28-12-6-11-26-28/h1-12,21-22H,13-17,24H2,(H,25,29)/t21-,22+/m0/s1. The van der Waals surface area contributed by atoms with E-state index in [0.29, 0.717) is 19.6 Å². The maximum Gasteiger partial charge on any atom is 0.234 e. The van der Waals surface area contributed by atoms with Gasteiger partial charge in [-0.25, -0.2) is 0 Å². The molecule has 6 nitrogen and oxygen atoms in total. The van der Waals surface area contributed by atoms with Crippen molar-refractivity contribution < 1.29 is 4.79 Å². The normalized spacial score (nSPS) is 19.3. The van der Waals surface area contributed by atoms with Gasteiger partial charge in [0.1, 0.15) is 0 Å². The van der Waals surface area contributed by atoms with Crippen LogP contribution >= 0.6 is 0 Å². The average molecular weight is 390 g/mol. The Labute approximate surface area is 171 Å². The van der Waals surface area contributed by atoms with Gasteiger partial charge in [0.15, 0.2) is 0 Å². The molecule has 2 heterocycles. The number of benzene rings is 2. The zero-order chi connectivity index (χ0) is 20.1. The Bertz CT molecular complexity index is 925. The topological polar surface area (TPSA) is 76.2 Å². The summed E-state index contributed by atoms with van der Waals surface area (Å²) in [6.45, 7) is 3.13. The number of nitrogens with two attached hydrogens (primary N) is 1. The number of amides is 1. The molecule has 1 aliphatic rings. The quantitative estimate of drug-likeness (QED) is 0.648. The first-order chi connectivity index (χ1) is 14.2. The van der Waals surface area contributed by atoms with Crippen molar-refractivity contribution in [1.82, 2.24) is 20.0 Å². The summed E-state index contributed by atoms with van der Waals surface area (Å²) in [5, 5.41) is 7.33. The molecule has 0 spiro atoms. The second-order valence-electron chi connectivity index (χ2n) is 7.62. The molecule has 1 aliphatic heterocycles. The molecule has 2 aromatic carbocycles. The van der Waals surface area contributed by atoms with Crippen molar-refractivity contribution in [3.8, 4) is 0 Å². The fraction of sp³-hybridized carbons (Fsp3) is 0.304. The van der Waals surface area contributed by atoms with E-state index in [2.05, 4.69) is 39.6 Å². The molecule has 6 heteroatoms. The minimum Gasteiger partial charge on any atom is -0.351 e. The van der Waals surface area contributed by atoms with Gasteiger partial charge in [0.05, 0.1) is 13.1 Å². The molecule has 0 radical (unpaired) electrons. The Morgan fingerprint density at radius 3 is 2.55 bits per heavy atom. The van der Waals surface area contributed by atoms with Crippen LogP contribution in [0.15, 0.2) is 73.1 Å². The van der Waals surface area contributed by atoms with Gasteiger partial charge in [-0.3, -0.25) is 14.4 Å². The van der Waals surface area contributed by atoms with Crippen LogP contribution in [-0.2, 0) is 17.9 Å². The van der Waals surface area contributed by atoms with E-state index in [1.165, 1.54) is 5.56 Å². The number of nitrogens with one attached hydrogen (secondary N) is 1. The van der Waals surface area contributed by atoms with Crippen LogP contribution in [0.4, 0.5) is 0 Å². The van der Waals surface area contributed by atoms with Gasteiger partial charge in [-0.2, -0.15) is 5.10 Å². The van der Waals surface area contributed by atoms with E-state index >= 15 is 0 Å². The van der Waals surface area contributed by atoms with Crippen LogP contribution in [0.25, 0.3) is 0 Å². The molecule has 29 heavy (non-hydrogen) atoms. The van der Waals surface area contributed by atoms with E-state index in [9.17, 15) is 4.79 Å². The highest BCUT2D eigenvalue weighted by atomic mass is 16.2. The van der Waals surface area contributed by atoms with Crippen LogP contribution in [0, 0.1) is 0 Å². The first-order valence-corrected chi connectivity index (χ1v) is 10.0. The van der Waals surface area contributed by atoms with E-state index in [1.54, 1.807) is 6.20 Å². The summed E-state index contributed by atoms with van der Waals surface area (Å²) in [5.41, 5.74) is 9.85. The molecule has 4 rings (SSSR count). The van der Waals surface area contributed by atoms with Gasteiger partial charge >= 0.3 is 0 Å². The molecule has 0 aliphatic carbocycles. The number of hydrogen-bond donors (Lipinski definition) is 2. The zero-order valence-corrected chi connectivity index (χ0v) is 16.4. The number of hydrogen-bond acceptors (Lipinski definition) is 4. The summed E-state index contributed by atoms with van der Waals surface area (Å²) < 4.78 is 1.88. The molecular weight excluding hydrogens is 362 g/mol. The molecule has 1 aromatic heterocycles. The number of carbonyl (C=O) groups is 1. The van der Waals surface area contributed by atoms with Gasteiger partial charge in [0, 0.05) is 44.0 Å². The number of rotatable bonds is 7. The van der Waals surface area contributed by atoms with E-state index in [-0.39, 0.29) is 17.9 Å². The summed E-state index contributed by atoms with van der Waals surface area (Å²) >= 11 is 0. The first kappa shape index (κ1) is 19.4. The van der Waals surface area contributed by atoms with Crippen LogP contribution in [0.5, 0.6) is 0 Å². The second kappa shape index (κ2) is 9.03. The number of nitrogens with zero attached hydrogens (tertiary/aromatic N) is 3. The Balaban J connectivity index is 1.31. The SMILES string of the molecule is N[C@@H]1CN(CC(=O)NCc2ccccc2Cn2cccn2)C[C@H]1c1ccccc1. The van der Waals surface area contributed by atoms with E-state index in [1.807, 2.05) is 47.3 Å². The van der Waals surface area contributed by atoms with E-state index in [0.717, 1.165) is 24.2 Å². The minimum absolute atomic E-state index is 0.0276. The van der Waals surface area contributed by atoms with Crippen molar-refractivity contribution in [2.75, 3.05) is 19.6 Å². The summed E-state index contributed by atoms with van der Waals surface area (Å²) in [5.74, 6) is 0.304. The lowest BCUT2D eigenvalue weighted by Crippen LogP contribution is -2.37. The largest absolute Gasteiger partial charge is 0.351 e. The van der Waals surface area contributed by atoms with Crippen molar-refractivity contribution in [1.29, 1.82) is 0 Å². The van der Waals surface area contributed by atoms with Gasteiger partial charge in [-0.1, -0.05) is 54.6 Å². The third kappa shape index (κ3) is 4.91. The van der Waals surface area contributed by atoms with Crippen molar-refractivity contribution in [2.45, 2.75) is 25.0 Å². The first-order valence-electron chi connectivity index (χ1n) is 10.0. The van der Waals surface area contributed by atoms with Gasteiger partial charge in [0.2, 0.25) is 5.91 Å². The van der Waals surface area contributed by atoms with Crippen molar-refractivity contribution in [3.05, 3.63) is 89.7 Å². The van der Waals surface area contributed by atoms with Crippen LogP contribution < -0.4 is 11.1 Å². The monoisotopic (exact) mass is 389 g/mol. The second-order valence-corrected chi connectivity index (χ2v) is 7.62. The Morgan fingerprint density at radius 2 is 1.79 bits per heavy atom. The molecule has 1 saturated heterocycles. The molecule has 2 atom stereocenters. The van der Waals surface area contributed by atoms with E-state index < -0.39 is 0 Å². The molecular formula is C23H27N5O. The highest BCUT2D eigenvalue weighted by Gasteiger charge is 2.31. The summed E-state index contributed by atoms with van der Waals surface area (Å²) in [4.78, 5) is 14.7. The van der Waals surface area contributed by atoms with Crippen LogP contribution in [0.3, 0.4) is 0 Å². The summed E-state index contributed by atoms with van der Waals surface area (Å²) in [6.07, 6.45) is 3.71. The maximum atomic E-state index is 12.5. The minimum atomic E-state index is 0.0276. The molecule has 3 N–H and O–H groups in total. The Hall–Kier alpha value is -2.96. The van der Waals surface area contributed by atoms with Crippen molar-refractivity contribution in [2.24, 2.45) is 5.73 Å². The predicted molar refractivity (Wildman–Crippen MR) is 113 cm³/mol. The molecule has 1 fully saturated rings. The molecule has 0 saturated carbocycles. The lowest BCUT2D eigenvalue weighted by atomic mass is 9.95. The molecule has 3 aromatic rings. The predicted octanol–water partition coefficient (Wildman–Crippen LogP) is 1.97. The highest BCUT2D eigenvalue weighted by molar-refractivity contribution is 5.78. The Kier molecular flexibility index (Phi) is 6.03. The highest BCUT2D eigenvalue weighted by Crippen LogP contribution is 2.25. The smallest absolute Gasteiger partial charge is 0.234 e. The Morgan fingerprint density at radius 1 is 1.03 bits per heavy atom. The van der Waals surface area contributed by atoms with Gasteiger partial charge in [-0.05, 0) is 22.8 Å².